The highest BCUT2D eigenvalue weighted by Gasteiger charge is 2.53. The number of likely N-dealkylation sites (tertiary alicyclic amines) is 1. The highest BCUT2D eigenvalue weighted by atomic mass is 127. The van der Waals surface area contributed by atoms with Crippen molar-refractivity contribution >= 4 is 35.8 Å². The number of nitrogens with one attached hydrogen (secondary N) is 2. The van der Waals surface area contributed by atoms with E-state index >= 15 is 0 Å². The number of piperidine rings is 1. The molecule has 2 aliphatic carbocycles. The van der Waals surface area contributed by atoms with Gasteiger partial charge in [-0.3, -0.25) is 9.79 Å². The Morgan fingerprint density at radius 2 is 1.86 bits per heavy atom. The van der Waals surface area contributed by atoms with Gasteiger partial charge in [-0.2, -0.15) is 0 Å². The van der Waals surface area contributed by atoms with E-state index < -0.39 is 0 Å². The third-order valence-corrected chi connectivity index (χ3v) is 6.57. The first-order valence-electron chi connectivity index (χ1n) is 10.5. The van der Waals surface area contributed by atoms with Gasteiger partial charge < -0.3 is 20.3 Å². The van der Waals surface area contributed by atoms with Crippen molar-refractivity contribution in [1.29, 1.82) is 0 Å². The van der Waals surface area contributed by atoms with Crippen molar-refractivity contribution in [3.05, 3.63) is 29.8 Å². The molecule has 4 rings (SSSR count). The van der Waals surface area contributed by atoms with Gasteiger partial charge in [0.1, 0.15) is 5.75 Å². The van der Waals surface area contributed by atoms with Crippen molar-refractivity contribution in [2.75, 3.05) is 27.2 Å². The number of methoxy groups -OCH3 is 1. The van der Waals surface area contributed by atoms with Gasteiger partial charge in [0.25, 0.3) is 0 Å². The Morgan fingerprint density at radius 1 is 1.17 bits per heavy atom. The quantitative estimate of drug-likeness (QED) is 0.362. The largest absolute Gasteiger partial charge is 0.496 e. The average molecular weight is 512 g/mol. The van der Waals surface area contributed by atoms with Crippen LogP contribution in [0.15, 0.2) is 29.3 Å². The molecule has 160 valence electrons. The molecule has 1 amide bonds. The van der Waals surface area contributed by atoms with Crippen molar-refractivity contribution in [1.82, 2.24) is 15.5 Å². The lowest BCUT2D eigenvalue weighted by Crippen LogP contribution is -2.50. The predicted molar refractivity (Wildman–Crippen MR) is 126 cm³/mol. The number of aliphatic imine (C=N–C) groups is 1. The van der Waals surface area contributed by atoms with Crippen LogP contribution >= 0.6 is 24.0 Å². The number of halogens is 1. The monoisotopic (exact) mass is 512 g/mol. The SMILES string of the molecule is CN=C(NC1CCN(C(=O)C2CC2)CC1)NC1CC1(C)c1ccccc1OC.I. The number of carbonyl (C=O) groups excluding carboxylic acids is 1. The van der Waals surface area contributed by atoms with E-state index in [0.717, 1.165) is 56.9 Å². The fourth-order valence-electron chi connectivity index (χ4n) is 4.35. The zero-order valence-corrected chi connectivity index (χ0v) is 19.9. The van der Waals surface area contributed by atoms with Gasteiger partial charge in [0.15, 0.2) is 5.96 Å². The molecule has 0 spiro atoms. The highest BCUT2D eigenvalue weighted by molar-refractivity contribution is 14.0. The van der Waals surface area contributed by atoms with E-state index in [4.69, 9.17) is 4.74 Å². The Bertz CT molecular complexity index is 759. The Hall–Kier alpha value is -1.51. The van der Waals surface area contributed by atoms with Crippen LogP contribution in [0.4, 0.5) is 0 Å². The van der Waals surface area contributed by atoms with Gasteiger partial charge in [0.05, 0.1) is 7.11 Å². The number of ether oxygens (including phenoxy) is 1. The number of benzene rings is 1. The van der Waals surface area contributed by atoms with Gasteiger partial charge in [-0.05, 0) is 38.2 Å². The molecule has 2 N–H and O–H groups in total. The molecule has 0 bridgehead atoms. The van der Waals surface area contributed by atoms with Crippen molar-refractivity contribution < 1.29 is 9.53 Å². The number of rotatable bonds is 5. The summed E-state index contributed by atoms with van der Waals surface area (Å²) in [5.41, 5.74) is 1.31. The average Bonchev–Trinajstić information content (AvgIpc) is 3.65. The molecule has 2 unspecified atom stereocenters. The maximum Gasteiger partial charge on any atom is 0.225 e. The summed E-state index contributed by atoms with van der Waals surface area (Å²) in [6.45, 7) is 3.98. The molecule has 1 aliphatic heterocycles. The lowest BCUT2D eigenvalue weighted by molar-refractivity contribution is -0.133. The molecule has 2 atom stereocenters. The van der Waals surface area contributed by atoms with Gasteiger partial charge in [-0.15, -0.1) is 24.0 Å². The highest BCUT2D eigenvalue weighted by Crippen LogP contribution is 2.50. The summed E-state index contributed by atoms with van der Waals surface area (Å²) in [6.07, 6.45) is 5.18. The second-order valence-electron chi connectivity index (χ2n) is 8.61. The lowest BCUT2D eigenvalue weighted by atomic mass is 9.96. The smallest absolute Gasteiger partial charge is 0.225 e. The molecule has 1 aromatic rings. The molecule has 1 saturated heterocycles. The van der Waals surface area contributed by atoms with Crippen molar-refractivity contribution in [3.8, 4) is 5.75 Å². The molecular weight excluding hydrogens is 479 g/mol. The summed E-state index contributed by atoms with van der Waals surface area (Å²) in [4.78, 5) is 18.7. The zero-order chi connectivity index (χ0) is 19.7. The van der Waals surface area contributed by atoms with Crippen LogP contribution in [0.1, 0.15) is 44.6 Å². The van der Waals surface area contributed by atoms with E-state index in [-0.39, 0.29) is 29.4 Å². The number of hydrogen-bond acceptors (Lipinski definition) is 3. The molecule has 7 heteroatoms. The first-order chi connectivity index (χ1) is 13.5. The van der Waals surface area contributed by atoms with E-state index in [1.807, 2.05) is 24.1 Å². The second kappa shape index (κ2) is 9.10. The fraction of sp³-hybridized carbons (Fsp3) is 0.636. The van der Waals surface area contributed by atoms with Crippen LogP contribution < -0.4 is 15.4 Å². The van der Waals surface area contributed by atoms with Crippen LogP contribution in [-0.2, 0) is 10.2 Å². The number of para-hydroxylation sites is 1. The maximum absolute atomic E-state index is 12.2. The predicted octanol–water partition coefficient (Wildman–Crippen LogP) is 2.91. The van der Waals surface area contributed by atoms with Crippen LogP contribution in [0.25, 0.3) is 0 Å². The number of carbonyl (C=O) groups is 1. The summed E-state index contributed by atoms with van der Waals surface area (Å²) < 4.78 is 5.56. The Labute approximate surface area is 190 Å². The summed E-state index contributed by atoms with van der Waals surface area (Å²) >= 11 is 0. The Kier molecular flexibility index (Phi) is 6.96. The molecule has 3 fully saturated rings. The third kappa shape index (κ3) is 4.81. The first kappa shape index (κ1) is 22.2. The standard InChI is InChI=1S/C22H32N4O2.HI/c1-22(17-6-4-5-7-18(17)28-3)14-19(22)25-21(23-2)24-16-10-12-26(13-11-16)20(27)15-8-9-15;/h4-7,15-16,19H,8-14H2,1-3H3,(H2,23,24,25);1H. The topological polar surface area (TPSA) is 66.0 Å². The summed E-state index contributed by atoms with van der Waals surface area (Å²) in [5, 5.41) is 7.16. The minimum Gasteiger partial charge on any atom is -0.496 e. The molecular formula is C22H33IN4O2. The maximum atomic E-state index is 12.2. The lowest BCUT2D eigenvalue weighted by Gasteiger charge is -2.33. The van der Waals surface area contributed by atoms with Crippen LogP contribution in [0.5, 0.6) is 5.75 Å². The van der Waals surface area contributed by atoms with Gasteiger partial charge in [-0.1, -0.05) is 25.1 Å². The number of nitrogens with zero attached hydrogens (tertiary/aromatic N) is 2. The summed E-state index contributed by atoms with van der Waals surface area (Å²) in [6, 6.07) is 8.97. The molecule has 1 aromatic carbocycles. The van der Waals surface area contributed by atoms with Crippen LogP contribution in [0, 0.1) is 5.92 Å². The molecule has 3 aliphatic rings. The minimum atomic E-state index is 0. The number of amides is 1. The molecule has 0 aromatic heterocycles. The Morgan fingerprint density at radius 3 is 2.48 bits per heavy atom. The van der Waals surface area contributed by atoms with Gasteiger partial charge in [-0.25, -0.2) is 0 Å². The molecule has 0 radical (unpaired) electrons. The normalized spacial score (nSPS) is 27.1. The number of guanidine groups is 1. The van der Waals surface area contributed by atoms with Gasteiger partial charge >= 0.3 is 0 Å². The van der Waals surface area contributed by atoms with Crippen LogP contribution in [0.3, 0.4) is 0 Å². The van der Waals surface area contributed by atoms with E-state index in [1.54, 1.807) is 7.11 Å². The molecule has 6 nitrogen and oxygen atoms in total. The molecule has 2 saturated carbocycles. The van der Waals surface area contributed by atoms with E-state index in [9.17, 15) is 4.79 Å². The molecule has 29 heavy (non-hydrogen) atoms. The second-order valence-corrected chi connectivity index (χ2v) is 8.61. The minimum absolute atomic E-state index is 0. The van der Waals surface area contributed by atoms with Crippen LogP contribution in [-0.4, -0.2) is 56.1 Å². The van der Waals surface area contributed by atoms with Crippen molar-refractivity contribution in [2.45, 2.75) is 56.5 Å². The third-order valence-electron chi connectivity index (χ3n) is 6.57. The molecule has 1 heterocycles. The summed E-state index contributed by atoms with van der Waals surface area (Å²) in [5.74, 6) is 2.49. The van der Waals surface area contributed by atoms with Crippen molar-refractivity contribution in [3.63, 3.8) is 0 Å². The first-order valence-corrected chi connectivity index (χ1v) is 10.5. The van der Waals surface area contributed by atoms with Crippen LogP contribution in [0.2, 0.25) is 0 Å². The number of hydrogen-bond donors (Lipinski definition) is 2. The van der Waals surface area contributed by atoms with E-state index in [2.05, 4.69) is 34.7 Å². The Balaban J connectivity index is 0.00000240. The van der Waals surface area contributed by atoms with Gasteiger partial charge in [0.2, 0.25) is 5.91 Å². The van der Waals surface area contributed by atoms with Gasteiger partial charge in [0, 0.05) is 49.1 Å². The fourth-order valence-corrected chi connectivity index (χ4v) is 4.35. The van der Waals surface area contributed by atoms with E-state index in [0.29, 0.717) is 23.9 Å². The summed E-state index contributed by atoms with van der Waals surface area (Å²) in [7, 11) is 3.55. The van der Waals surface area contributed by atoms with E-state index in [1.165, 1.54) is 5.56 Å². The zero-order valence-electron chi connectivity index (χ0n) is 17.6. The van der Waals surface area contributed by atoms with Crippen molar-refractivity contribution in [2.24, 2.45) is 10.9 Å².